The number of hydrogen-bond donors (Lipinski definition) is 0. The predicted octanol–water partition coefficient (Wildman–Crippen LogP) is 6.80. The Labute approximate surface area is 213 Å². The molecule has 0 saturated heterocycles. The van der Waals surface area contributed by atoms with Gasteiger partial charge in [0.05, 0.1) is 8.95 Å². The lowest BCUT2D eigenvalue weighted by atomic mass is 10.0. The minimum atomic E-state index is -0.794. The molecule has 0 fully saturated rings. The van der Waals surface area contributed by atoms with Crippen LogP contribution in [0, 0.1) is 0 Å². The van der Waals surface area contributed by atoms with Crippen molar-refractivity contribution in [1.29, 1.82) is 0 Å². The van der Waals surface area contributed by atoms with Crippen LogP contribution in [0.15, 0.2) is 72.7 Å². The standard InChI is InChI=1S/C22H10Br4O6/c23-11-3-9-5-13(21(29)31-19(9)15(25)7-11)17(27)1-2-18(28)14-6-10-4-12(24)8-16(26)20(10)32-22(14)30/h3-8H,1-2H2. The summed E-state index contributed by atoms with van der Waals surface area (Å²) in [6.45, 7) is 0. The van der Waals surface area contributed by atoms with Crippen molar-refractivity contribution in [2.45, 2.75) is 12.8 Å². The van der Waals surface area contributed by atoms with Gasteiger partial charge in [-0.1, -0.05) is 31.9 Å². The van der Waals surface area contributed by atoms with Crippen molar-refractivity contribution in [2.75, 3.05) is 0 Å². The van der Waals surface area contributed by atoms with Gasteiger partial charge in [0.25, 0.3) is 0 Å². The molecule has 2 aromatic carbocycles. The molecule has 2 heterocycles. The number of benzene rings is 2. The highest BCUT2D eigenvalue weighted by molar-refractivity contribution is 9.11. The molecular formula is C22H10Br4O6. The molecule has 32 heavy (non-hydrogen) atoms. The molecule has 2 aromatic heterocycles. The Hall–Kier alpha value is -1.88. The number of hydrogen-bond acceptors (Lipinski definition) is 6. The summed E-state index contributed by atoms with van der Waals surface area (Å²) in [5.74, 6) is -1.11. The van der Waals surface area contributed by atoms with E-state index in [1.54, 1.807) is 24.3 Å². The largest absolute Gasteiger partial charge is 0.421 e. The van der Waals surface area contributed by atoms with Crippen molar-refractivity contribution in [1.82, 2.24) is 0 Å². The average molecular weight is 690 g/mol. The molecular weight excluding hydrogens is 680 g/mol. The van der Waals surface area contributed by atoms with Crippen molar-refractivity contribution in [2.24, 2.45) is 0 Å². The number of halogens is 4. The van der Waals surface area contributed by atoms with Crippen molar-refractivity contribution in [3.63, 3.8) is 0 Å². The Morgan fingerprint density at radius 3 is 1.38 bits per heavy atom. The average Bonchev–Trinajstić information content (AvgIpc) is 2.72. The summed E-state index contributed by atoms with van der Waals surface area (Å²) in [5.41, 5.74) is -1.27. The van der Waals surface area contributed by atoms with E-state index in [4.69, 9.17) is 8.83 Å². The number of carbonyl (C=O) groups is 2. The molecule has 0 aliphatic carbocycles. The first-order chi connectivity index (χ1) is 15.1. The van der Waals surface area contributed by atoms with E-state index in [1.165, 1.54) is 12.1 Å². The van der Waals surface area contributed by atoms with Crippen LogP contribution in [0.25, 0.3) is 21.9 Å². The van der Waals surface area contributed by atoms with Gasteiger partial charge < -0.3 is 8.83 Å². The monoisotopic (exact) mass is 686 g/mol. The molecule has 10 heteroatoms. The Morgan fingerprint density at radius 2 is 1.00 bits per heavy atom. The third-order valence-corrected chi connectivity index (χ3v) is 6.78. The number of rotatable bonds is 5. The lowest BCUT2D eigenvalue weighted by molar-refractivity contribution is 0.0913. The third kappa shape index (κ3) is 4.59. The fourth-order valence-corrected chi connectivity index (χ4v) is 5.88. The second kappa shape index (κ2) is 9.17. The molecule has 4 aromatic rings. The zero-order valence-corrected chi connectivity index (χ0v) is 22.2. The van der Waals surface area contributed by atoms with Gasteiger partial charge in [-0.2, -0.15) is 0 Å². The molecule has 0 radical (unpaired) electrons. The van der Waals surface area contributed by atoms with E-state index in [0.29, 0.717) is 30.9 Å². The minimum Gasteiger partial charge on any atom is -0.421 e. The van der Waals surface area contributed by atoms with E-state index < -0.39 is 22.8 Å². The molecule has 0 atom stereocenters. The summed E-state index contributed by atoms with van der Waals surface area (Å²) in [6.07, 6.45) is -0.520. The summed E-state index contributed by atoms with van der Waals surface area (Å²) in [4.78, 5) is 49.9. The second-order valence-corrected chi connectivity index (χ2v) is 10.4. The maximum Gasteiger partial charge on any atom is 0.347 e. The molecule has 0 aliphatic rings. The lowest BCUT2D eigenvalue weighted by Gasteiger charge is -2.05. The number of carbonyl (C=O) groups excluding carboxylic acids is 2. The van der Waals surface area contributed by atoms with Crippen LogP contribution in [-0.2, 0) is 0 Å². The number of Topliss-reactive ketones (excluding diaryl/α,β-unsaturated/α-hetero) is 2. The van der Waals surface area contributed by atoms with Crippen LogP contribution in [0.5, 0.6) is 0 Å². The highest BCUT2D eigenvalue weighted by Crippen LogP contribution is 2.29. The van der Waals surface area contributed by atoms with Gasteiger partial charge in [0, 0.05) is 32.6 Å². The fourth-order valence-electron chi connectivity index (χ4n) is 3.20. The summed E-state index contributed by atoms with van der Waals surface area (Å²) in [7, 11) is 0. The van der Waals surface area contributed by atoms with E-state index >= 15 is 0 Å². The molecule has 4 rings (SSSR count). The highest BCUT2D eigenvalue weighted by atomic mass is 79.9. The van der Waals surface area contributed by atoms with Crippen LogP contribution in [0.2, 0.25) is 0 Å². The number of fused-ring (bicyclic) bond motifs is 2. The molecule has 6 nitrogen and oxygen atoms in total. The first-order valence-corrected chi connectivity index (χ1v) is 12.2. The highest BCUT2D eigenvalue weighted by Gasteiger charge is 2.20. The Kier molecular flexibility index (Phi) is 6.67. The first kappa shape index (κ1) is 23.3. The van der Waals surface area contributed by atoms with E-state index in [-0.39, 0.29) is 24.0 Å². The van der Waals surface area contributed by atoms with Crippen LogP contribution >= 0.6 is 63.7 Å². The Morgan fingerprint density at radius 1 is 0.625 bits per heavy atom. The first-order valence-electron chi connectivity index (χ1n) is 9.06. The van der Waals surface area contributed by atoms with Crippen LogP contribution in [0.1, 0.15) is 33.6 Å². The van der Waals surface area contributed by atoms with E-state index in [9.17, 15) is 19.2 Å². The molecule has 0 N–H and O–H groups in total. The molecule has 0 unspecified atom stereocenters. The zero-order chi connectivity index (χ0) is 23.2. The smallest absolute Gasteiger partial charge is 0.347 e. The normalized spacial score (nSPS) is 11.2. The van der Waals surface area contributed by atoms with Gasteiger partial charge >= 0.3 is 11.3 Å². The van der Waals surface area contributed by atoms with Crippen LogP contribution < -0.4 is 11.3 Å². The number of ketones is 2. The fraction of sp³-hybridized carbons (Fsp3) is 0.0909. The molecule has 0 spiro atoms. The topological polar surface area (TPSA) is 94.6 Å². The lowest BCUT2D eigenvalue weighted by Crippen LogP contribution is -2.18. The van der Waals surface area contributed by atoms with E-state index in [0.717, 1.165) is 8.95 Å². The maximum absolute atomic E-state index is 12.7. The maximum atomic E-state index is 12.7. The molecule has 0 bridgehead atoms. The quantitative estimate of drug-likeness (QED) is 0.169. The summed E-state index contributed by atoms with van der Waals surface area (Å²) in [5, 5.41) is 1.10. The van der Waals surface area contributed by atoms with Crippen LogP contribution in [0.4, 0.5) is 0 Å². The zero-order valence-electron chi connectivity index (χ0n) is 15.8. The van der Waals surface area contributed by atoms with Crippen LogP contribution in [-0.4, -0.2) is 11.6 Å². The van der Waals surface area contributed by atoms with Crippen molar-refractivity contribution in [3.05, 3.63) is 86.3 Å². The summed E-state index contributed by atoms with van der Waals surface area (Å²) < 4.78 is 13.2. The molecule has 0 aliphatic heterocycles. The molecule has 162 valence electrons. The molecule has 0 amide bonds. The van der Waals surface area contributed by atoms with Gasteiger partial charge in [0.2, 0.25) is 0 Å². The van der Waals surface area contributed by atoms with Gasteiger partial charge in [0.15, 0.2) is 22.7 Å². The second-order valence-electron chi connectivity index (χ2n) is 6.85. The van der Waals surface area contributed by atoms with E-state index in [2.05, 4.69) is 63.7 Å². The predicted molar refractivity (Wildman–Crippen MR) is 134 cm³/mol. The Balaban J connectivity index is 1.60. The van der Waals surface area contributed by atoms with Gasteiger partial charge in [-0.25, -0.2) is 9.59 Å². The minimum absolute atomic E-state index is 0.159. The van der Waals surface area contributed by atoms with Crippen molar-refractivity contribution >= 4 is 97.2 Å². The van der Waals surface area contributed by atoms with Crippen LogP contribution in [0.3, 0.4) is 0 Å². The van der Waals surface area contributed by atoms with Gasteiger partial charge in [0.1, 0.15) is 11.1 Å². The Bertz CT molecular complexity index is 1430. The van der Waals surface area contributed by atoms with Gasteiger partial charge in [-0.15, -0.1) is 0 Å². The van der Waals surface area contributed by atoms with Gasteiger partial charge in [-0.3, -0.25) is 9.59 Å². The van der Waals surface area contributed by atoms with Crippen molar-refractivity contribution in [3.8, 4) is 0 Å². The van der Waals surface area contributed by atoms with E-state index in [1.807, 2.05) is 0 Å². The summed E-state index contributed by atoms with van der Waals surface area (Å²) >= 11 is 13.3. The van der Waals surface area contributed by atoms with Crippen molar-refractivity contribution < 1.29 is 18.4 Å². The summed E-state index contributed by atoms with van der Waals surface area (Å²) in [6, 6.07) is 9.73. The van der Waals surface area contributed by atoms with Gasteiger partial charge in [-0.05, 0) is 68.3 Å². The SMILES string of the molecule is O=C(CCC(=O)c1cc2cc(Br)cc(Br)c2oc1=O)c1cc2cc(Br)cc(Br)c2oc1=O. The third-order valence-electron chi connectivity index (χ3n) is 4.68. The molecule has 0 saturated carbocycles.